The highest BCUT2D eigenvalue weighted by Crippen LogP contribution is 2.39. The number of aryl methyl sites for hydroxylation is 2. The molecule has 0 aliphatic heterocycles. The van der Waals surface area contributed by atoms with Crippen molar-refractivity contribution < 1.29 is 46.5 Å². The Kier molecular flexibility index (Phi) is 14.3. The predicted molar refractivity (Wildman–Crippen MR) is 232 cm³/mol. The topological polar surface area (TPSA) is 176 Å². The number of carboxylic acids is 1. The van der Waals surface area contributed by atoms with Crippen molar-refractivity contribution in [3.05, 3.63) is 131 Å². The maximum Gasteiger partial charge on any atom is 0.307 e. The Bertz CT molecular complexity index is 2660. The number of aliphatic carboxylic acids is 1. The van der Waals surface area contributed by atoms with Crippen LogP contribution in [0.25, 0.3) is 22.2 Å². The normalized spacial score (nSPS) is 13.0. The van der Waals surface area contributed by atoms with E-state index in [-0.39, 0.29) is 68.8 Å². The van der Waals surface area contributed by atoms with Gasteiger partial charge in [-0.15, -0.1) is 0 Å². The molecule has 4 N–H and O–H groups in total. The fraction of sp³-hybridized carbons (Fsp3) is 0.340. The van der Waals surface area contributed by atoms with E-state index in [4.69, 9.17) is 20.3 Å². The lowest BCUT2D eigenvalue weighted by molar-refractivity contribution is -0.143. The molecule has 0 bridgehead atoms. The predicted octanol–water partition coefficient (Wildman–Crippen LogP) is 8.74. The maximum absolute atomic E-state index is 16.1. The van der Waals surface area contributed by atoms with Crippen molar-refractivity contribution in [2.45, 2.75) is 89.7 Å². The average molecular weight is 871 g/mol. The molecule has 2 unspecified atom stereocenters. The van der Waals surface area contributed by atoms with Crippen LogP contribution in [0.4, 0.5) is 8.78 Å². The summed E-state index contributed by atoms with van der Waals surface area (Å²) in [5.41, 5.74) is 8.19. The smallest absolute Gasteiger partial charge is 0.307 e. The van der Waals surface area contributed by atoms with Crippen molar-refractivity contribution in [1.29, 1.82) is 0 Å². The summed E-state index contributed by atoms with van der Waals surface area (Å²) >= 11 is 0. The van der Waals surface area contributed by atoms with E-state index in [9.17, 15) is 28.2 Å². The lowest BCUT2D eigenvalue weighted by atomic mass is 9.81. The summed E-state index contributed by atoms with van der Waals surface area (Å²) in [4.78, 5) is 24.2. The molecule has 0 radical (unpaired) electrons. The minimum absolute atomic E-state index is 0.0133. The van der Waals surface area contributed by atoms with Crippen molar-refractivity contribution in [2.24, 2.45) is 11.1 Å². The van der Waals surface area contributed by atoms with Crippen molar-refractivity contribution in [1.82, 2.24) is 13.8 Å². The molecule has 2 heterocycles. The lowest BCUT2D eigenvalue weighted by Gasteiger charge is -2.30. The molecule has 0 saturated carbocycles. The molecule has 12 nitrogen and oxygen atoms in total. The molecule has 62 heavy (non-hydrogen) atoms. The molecule has 0 aliphatic rings. The summed E-state index contributed by atoms with van der Waals surface area (Å²) in [6.45, 7) is 8.00. The summed E-state index contributed by atoms with van der Waals surface area (Å²) in [6.07, 6.45) is 5.28. The first-order valence-corrected chi connectivity index (χ1v) is 22.0. The molecule has 0 saturated heterocycles. The van der Waals surface area contributed by atoms with E-state index in [0.717, 1.165) is 52.1 Å². The number of aliphatic hydroxyl groups excluding tert-OH is 1. The highest BCUT2D eigenvalue weighted by Gasteiger charge is 2.28. The number of aliphatic hydroxyl groups is 1. The van der Waals surface area contributed by atoms with Crippen LogP contribution in [0, 0.1) is 24.0 Å². The molecule has 15 heteroatoms. The Morgan fingerprint density at radius 3 is 2.42 bits per heavy atom. The number of nitrogens with two attached hydrogens (primary N) is 1. The molecular formula is C47H52F2N4O8S. The first-order valence-electron chi connectivity index (χ1n) is 20.5. The zero-order valence-corrected chi connectivity index (χ0v) is 36.0. The third-order valence-corrected chi connectivity index (χ3v) is 12.9. The van der Waals surface area contributed by atoms with Gasteiger partial charge >= 0.3 is 11.9 Å². The number of aromatic nitrogens is 3. The standard InChI is InChI=1S/C47H52F2N4O8S/c1-5-60-45(57)19-14-31-9-8-10-32(25-31)41(11-6-7-22-47(3,4)43(54)29-50)52-23-21-40(51-52)37-26-33(15-18-38(37)48)61-46-36(27-44(55)56)35-20-24-53(42(35)28-39(46)49)62(58,59)34-16-12-30(2)13-17-34/h8-10,12-13,15-18,20-21,23-26,28,41,43,54H,5-7,11,14,19,22,27,29,50H2,1-4H3,(H,55,56). The van der Waals surface area contributed by atoms with Crippen LogP contribution in [-0.4, -0.2) is 63.6 Å². The lowest BCUT2D eigenvalue weighted by Crippen LogP contribution is -2.35. The Labute approximate surface area is 360 Å². The second-order valence-corrected chi connectivity index (χ2v) is 17.9. The highest BCUT2D eigenvalue weighted by molar-refractivity contribution is 7.90. The second-order valence-electron chi connectivity index (χ2n) is 16.1. The highest BCUT2D eigenvalue weighted by atomic mass is 32.2. The molecular weight excluding hydrogens is 819 g/mol. The van der Waals surface area contributed by atoms with Crippen molar-refractivity contribution in [2.75, 3.05) is 13.2 Å². The van der Waals surface area contributed by atoms with Crippen molar-refractivity contribution in [3.8, 4) is 22.8 Å². The van der Waals surface area contributed by atoms with E-state index in [1.54, 1.807) is 36.0 Å². The van der Waals surface area contributed by atoms with Gasteiger partial charge in [0.1, 0.15) is 11.6 Å². The van der Waals surface area contributed by atoms with Crippen LogP contribution < -0.4 is 10.5 Å². The Hall–Kier alpha value is -5.90. The first-order chi connectivity index (χ1) is 29.5. The molecule has 6 aromatic rings. The monoisotopic (exact) mass is 870 g/mol. The quantitative estimate of drug-likeness (QED) is 0.0497. The number of unbranched alkanes of at least 4 members (excludes halogenated alkanes) is 1. The average Bonchev–Trinajstić information content (AvgIpc) is 3.90. The Balaban J connectivity index is 1.31. The van der Waals surface area contributed by atoms with Gasteiger partial charge in [0.25, 0.3) is 10.0 Å². The molecule has 328 valence electrons. The van der Waals surface area contributed by atoms with Crippen molar-refractivity contribution >= 4 is 32.9 Å². The van der Waals surface area contributed by atoms with Crippen LogP contribution in [-0.2, 0) is 37.2 Å². The number of hydrogen-bond donors (Lipinski definition) is 3. The number of carbonyl (C=O) groups excluding carboxylic acids is 1. The van der Waals surface area contributed by atoms with Crippen LogP contribution >= 0.6 is 0 Å². The van der Waals surface area contributed by atoms with E-state index in [1.807, 2.05) is 45.0 Å². The van der Waals surface area contributed by atoms with Gasteiger partial charge in [-0.2, -0.15) is 5.10 Å². The number of hydrogen-bond acceptors (Lipinski definition) is 9. The fourth-order valence-electron chi connectivity index (χ4n) is 7.57. The molecule has 2 atom stereocenters. The van der Waals surface area contributed by atoms with Gasteiger partial charge in [-0.05, 0) is 92.1 Å². The first kappa shape index (κ1) is 45.6. The van der Waals surface area contributed by atoms with E-state index in [1.165, 1.54) is 36.5 Å². The van der Waals surface area contributed by atoms with Crippen LogP contribution in [0.15, 0.2) is 102 Å². The van der Waals surface area contributed by atoms with Crippen LogP contribution in [0.3, 0.4) is 0 Å². The van der Waals surface area contributed by atoms with Gasteiger partial charge < -0.3 is 25.4 Å². The van der Waals surface area contributed by atoms with Gasteiger partial charge in [-0.25, -0.2) is 21.2 Å². The summed E-state index contributed by atoms with van der Waals surface area (Å²) in [5.74, 6) is -3.71. The van der Waals surface area contributed by atoms with Crippen LogP contribution in [0.1, 0.15) is 81.2 Å². The van der Waals surface area contributed by atoms with E-state index >= 15 is 8.78 Å². The Morgan fingerprint density at radius 2 is 1.71 bits per heavy atom. The molecule has 0 spiro atoms. The minimum Gasteiger partial charge on any atom is -0.481 e. The van der Waals surface area contributed by atoms with Crippen LogP contribution in [0.2, 0.25) is 0 Å². The molecule has 6 rings (SSSR count). The van der Waals surface area contributed by atoms with Gasteiger partial charge in [0.05, 0.1) is 41.3 Å². The SMILES string of the molecule is CCOC(=O)CCc1cccc(C(CCCCC(C)(C)C(O)CN)n2ccc(-c3cc(Oc4c(F)cc5c(ccn5S(=O)(=O)c5ccc(C)cc5)c4CC(=O)O)ccc3F)n2)c1. The van der Waals surface area contributed by atoms with Gasteiger partial charge in [-0.1, -0.05) is 68.7 Å². The number of rotatable bonds is 20. The number of nitrogens with zero attached hydrogens (tertiary/aromatic N) is 3. The summed E-state index contributed by atoms with van der Waals surface area (Å²) < 4.78 is 72.8. The third kappa shape index (κ3) is 10.4. The van der Waals surface area contributed by atoms with Crippen LogP contribution in [0.5, 0.6) is 11.5 Å². The number of ether oxygens (including phenoxy) is 2. The largest absolute Gasteiger partial charge is 0.481 e. The maximum atomic E-state index is 16.1. The minimum atomic E-state index is -4.18. The number of halogens is 2. The van der Waals surface area contributed by atoms with E-state index in [0.29, 0.717) is 19.4 Å². The molecule has 0 amide bonds. The zero-order chi connectivity index (χ0) is 44.8. The van der Waals surface area contributed by atoms with E-state index < -0.39 is 45.9 Å². The number of benzene rings is 4. The van der Waals surface area contributed by atoms with Crippen molar-refractivity contribution in [3.63, 3.8) is 0 Å². The molecule has 0 fully saturated rings. The number of carbonyl (C=O) groups is 2. The summed E-state index contributed by atoms with van der Waals surface area (Å²) in [5, 5.41) is 25.3. The fourth-order valence-corrected chi connectivity index (χ4v) is 8.91. The summed E-state index contributed by atoms with van der Waals surface area (Å²) in [6, 6.07) is 21.5. The molecule has 4 aromatic carbocycles. The van der Waals surface area contributed by atoms with Gasteiger partial charge in [0.2, 0.25) is 0 Å². The number of carboxylic acid groups (broad SMARTS) is 1. The van der Waals surface area contributed by atoms with Gasteiger partial charge in [0, 0.05) is 47.9 Å². The number of fused-ring (bicyclic) bond motifs is 1. The van der Waals surface area contributed by atoms with Gasteiger partial charge in [0.15, 0.2) is 11.6 Å². The van der Waals surface area contributed by atoms with E-state index in [2.05, 4.69) is 0 Å². The van der Waals surface area contributed by atoms with Gasteiger partial charge in [-0.3, -0.25) is 14.3 Å². The molecule has 0 aliphatic carbocycles. The summed E-state index contributed by atoms with van der Waals surface area (Å²) in [7, 11) is -4.18. The second kappa shape index (κ2) is 19.4. The Morgan fingerprint density at radius 1 is 0.952 bits per heavy atom. The third-order valence-electron chi connectivity index (χ3n) is 11.2. The number of esters is 1. The zero-order valence-electron chi connectivity index (χ0n) is 35.2. The molecule has 2 aromatic heterocycles.